The van der Waals surface area contributed by atoms with Crippen LogP contribution in [-0.2, 0) is 0 Å². The van der Waals surface area contributed by atoms with Crippen molar-refractivity contribution < 1.29 is 4.42 Å². The number of hydrogen-bond donors (Lipinski definition) is 0. The molecule has 3 nitrogen and oxygen atoms in total. The molecule has 0 aliphatic heterocycles. The van der Waals surface area contributed by atoms with Crippen LogP contribution in [0.3, 0.4) is 0 Å². The molecule has 0 aromatic carbocycles. The summed E-state index contributed by atoms with van der Waals surface area (Å²) in [4.78, 5) is 7.79. The average Bonchev–Trinajstić information content (AvgIpc) is 2.29. The van der Waals surface area contributed by atoms with Crippen LogP contribution in [0.25, 0.3) is 6.08 Å². The van der Waals surface area contributed by atoms with E-state index in [0.717, 1.165) is 5.57 Å². The summed E-state index contributed by atoms with van der Waals surface area (Å²) in [5.74, 6) is 1.86. The van der Waals surface area contributed by atoms with E-state index in [-0.39, 0.29) is 0 Å². The first-order valence-corrected chi connectivity index (χ1v) is 3.72. The largest absolute Gasteiger partial charge is 0.439 e. The molecule has 0 saturated carbocycles. The van der Waals surface area contributed by atoms with Crippen LogP contribution in [0, 0.1) is 6.92 Å². The third kappa shape index (κ3) is 1.81. The molecular weight excluding hydrogens is 152 g/mol. The molecule has 0 radical (unpaired) electrons. The van der Waals surface area contributed by atoms with Gasteiger partial charge < -0.3 is 4.42 Å². The van der Waals surface area contributed by atoms with Crippen molar-refractivity contribution in [2.45, 2.75) is 20.8 Å². The first kappa shape index (κ1) is 8.71. The van der Waals surface area contributed by atoms with E-state index in [9.17, 15) is 0 Å². The third-order valence-electron chi connectivity index (χ3n) is 1.31. The van der Waals surface area contributed by atoms with Gasteiger partial charge in [-0.3, -0.25) is 0 Å². The Morgan fingerprint density at radius 2 is 2.25 bits per heavy atom. The fourth-order valence-corrected chi connectivity index (χ4v) is 0.901. The predicted molar refractivity (Wildman–Crippen MR) is 49.8 cm³/mol. The first-order valence-electron chi connectivity index (χ1n) is 3.72. The van der Waals surface area contributed by atoms with Gasteiger partial charge in [-0.25, -0.2) is 4.99 Å². The fraction of sp³-hybridized carbons (Fsp3) is 0.333. The molecule has 1 heterocycles. The van der Waals surface area contributed by atoms with E-state index in [1.54, 1.807) is 6.92 Å². The normalized spacial score (nSPS) is 9.58. The van der Waals surface area contributed by atoms with E-state index in [4.69, 9.17) is 4.42 Å². The number of hydrogen-bond acceptors (Lipinski definition) is 3. The maximum absolute atomic E-state index is 5.30. The highest BCUT2D eigenvalue weighted by Gasteiger charge is 2.05. The monoisotopic (exact) mass is 164 g/mol. The SMILES string of the molecule is C=Nc1nc(C)oc1C=C(C)C. The molecule has 0 N–H and O–H groups in total. The van der Waals surface area contributed by atoms with Crippen molar-refractivity contribution in [1.29, 1.82) is 0 Å². The van der Waals surface area contributed by atoms with Gasteiger partial charge in [0.15, 0.2) is 17.5 Å². The lowest BCUT2D eigenvalue weighted by molar-refractivity contribution is 0.513. The van der Waals surface area contributed by atoms with Crippen molar-refractivity contribution in [3.63, 3.8) is 0 Å². The van der Waals surface area contributed by atoms with Crippen molar-refractivity contribution in [2.24, 2.45) is 4.99 Å². The van der Waals surface area contributed by atoms with Crippen molar-refractivity contribution in [2.75, 3.05) is 0 Å². The van der Waals surface area contributed by atoms with E-state index in [1.165, 1.54) is 0 Å². The highest BCUT2D eigenvalue weighted by atomic mass is 16.4. The Labute approximate surface area is 71.8 Å². The molecule has 1 rings (SSSR count). The molecule has 0 atom stereocenters. The van der Waals surface area contributed by atoms with Crippen LogP contribution in [0.15, 0.2) is 15.0 Å². The minimum Gasteiger partial charge on any atom is -0.439 e. The van der Waals surface area contributed by atoms with Gasteiger partial charge in [0.2, 0.25) is 0 Å². The van der Waals surface area contributed by atoms with E-state index in [1.807, 2.05) is 19.9 Å². The molecule has 0 spiro atoms. The molecule has 0 saturated heterocycles. The van der Waals surface area contributed by atoms with Gasteiger partial charge in [0.1, 0.15) is 0 Å². The summed E-state index contributed by atoms with van der Waals surface area (Å²) < 4.78 is 5.30. The number of allylic oxidation sites excluding steroid dienone is 1. The molecule has 12 heavy (non-hydrogen) atoms. The van der Waals surface area contributed by atoms with E-state index in [0.29, 0.717) is 17.5 Å². The smallest absolute Gasteiger partial charge is 0.198 e. The summed E-state index contributed by atoms with van der Waals surface area (Å²) in [6, 6.07) is 0. The lowest BCUT2D eigenvalue weighted by Gasteiger charge is -1.88. The van der Waals surface area contributed by atoms with Gasteiger partial charge in [0.05, 0.1) is 0 Å². The van der Waals surface area contributed by atoms with Crippen LogP contribution in [0.1, 0.15) is 25.5 Å². The Bertz CT molecular complexity index is 319. The lowest BCUT2D eigenvalue weighted by atomic mass is 10.3. The standard InChI is InChI=1S/C9H12N2O/c1-6(2)5-8-9(10-4)11-7(3)12-8/h5H,4H2,1-3H3. The minimum atomic E-state index is 0.564. The summed E-state index contributed by atoms with van der Waals surface area (Å²) in [6.45, 7) is 9.18. The van der Waals surface area contributed by atoms with Crippen molar-refractivity contribution in [3.8, 4) is 0 Å². The second-order valence-electron chi connectivity index (χ2n) is 2.80. The predicted octanol–water partition coefficient (Wildman–Crippen LogP) is 2.74. The topological polar surface area (TPSA) is 38.4 Å². The quantitative estimate of drug-likeness (QED) is 0.630. The lowest BCUT2D eigenvalue weighted by Crippen LogP contribution is -1.68. The second-order valence-corrected chi connectivity index (χ2v) is 2.80. The highest BCUT2D eigenvalue weighted by molar-refractivity contribution is 5.59. The van der Waals surface area contributed by atoms with Crippen LogP contribution in [0.5, 0.6) is 0 Å². The van der Waals surface area contributed by atoms with E-state index >= 15 is 0 Å². The van der Waals surface area contributed by atoms with Crippen LogP contribution in [0.2, 0.25) is 0 Å². The molecule has 1 aromatic rings. The number of aliphatic imine (C=N–C) groups is 1. The molecule has 0 aliphatic rings. The van der Waals surface area contributed by atoms with Gasteiger partial charge in [-0.15, -0.1) is 0 Å². The Balaban J connectivity index is 3.13. The fourth-order valence-electron chi connectivity index (χ4n) is 0.901. The number of rotatable bonds is 2. The van der Waals surface area contributed by atoms with Crippen molar-refractivity contribution in [1.82, 2.24) is 4.98 Å². The van der Waals surface area contributed by atoms with Crippen LogP contribution in [0.4, 0.5) is 5.82 Å². The van der Waals surface area contributed by atoms with Crippen molar-refractivity contribution in [3.05, 3.63) is 17.2 Å². The zero-order chi connectivity index (χ0) is 9.14. The summed E-state index contributed by atoms with van der Waals surface area (Å²) in [5, 5.41) is 0. The second kappa shape index (κ2) is 3.34. The molecular formula is C9H12N2O. The molecule has 0 fully saturated rings. The zero-order valence-electron chi connectivity index (χ0n) is 7.59. The van der Waals surface area contributed by atoms with Gasteiger partial charge in [-0.05, 0) is 26.6 Å². The first-order chi connectivity index (χ1) is 5.63. The molecule has 3 heteroatoms. The summed E-state index contributed by atoms with van der Waals surface area (Å²) in [5.41, 5.74) is 1.15. The third-order valence-corrected chi connectivity index (χ3v) is 1.31. The Hall–Kier alpha value is -1.38. The van der Waals surface area contributed by atoms with Gasteiger partial charge in [-0.1, -0.05) is 5.57 Å². The van der Waals surface area contributed by atoms with Crippen LogP contribution < -0.4 is 0 Å². The van der Waals surface area contributed by atoms with Gasteiger partial charge >= 0.3 is 0 Å². The number of oxazole rings is 1. The van der Waals surface area contributed by atoms with Crippen LogP contribution in [-0.4, -0.2) is 11.7 Å². The molecule has 0 unspecified atom stereocenters. The van der Waals surface area contributed by atoms with Crippen LogP contribution >= 0.6 is 0 Å². The van der Waals surface area contributed by atoms with Crippen molar-refractivity contribution >= 4 is 18.6 Å². The summed E-state index contributed by atoms with van der Waals surface area (Å²) in [7, 11) is 0. The molecule has 1 aromatic heterocycles. The molecule has 64 valence electrons. The number of aryl methyl sites for hydroxylation is 1. The maximum Gasteiger partial charge on any atom is 0.198 e. The summed E-state index contributed by atoms with van der Waals surface area (Å²) >= 11 is 0. The Morgan fingerprint density at radius 3 is 2.75 bits per heavy atom. The van der Waals surface area contributed by atoms with E-state index in [2.05, 4.69) is 16.7 Å². The highest BCUT2D eigenvalue weighted by Crippen LogP contribution is 2.21. The minimum absolute atomic E-state index is 0.564. The molecule has 0 aliphatic carbocycles. The number of nitrogens with zero attached hydrogens (tertiary/aromatic N) is 2. The number of aromatic nitrogens is 1. The van der Waals surface area contributed by atoms with Gasteiger partial charge in [0, 0.05) is 6.92 Å². The molecule has 0 bridgehead atoms. The van der Waals surface area contributed by atoms with Gasteiger partial charge in [-0.2, -0.15) is 4.98 Å². The maximum atomic E-state index is 5.30. The zero-order valence-corrected chi connectivity index (χ0v) is 7.59. The Morgan fingerprint density at radius 1 is 1.58 bits per heavy atom. The van der Waals surface area contributed by atoms with Gasteiger partial charge in [0.25, 0.3) is 0 Å². The van der Waals surface area contributed by atoms with E-state index < -0.39 is 0 Å². The Kier molecular flexibility index (Phi) is 2.43. The molecule has 0 amide bonds. The average molecular weight is 164 g/mol. The summed E-state index contributed by atoms with van der Waals surface area (Å²) in [6.07, 6.45) is 1.89.